The summed E-state index contributed by atoms with van der Waals surface area (Å²) in [6.45, 7) is 11.6. The van der Waals surface area contributed by atoms with Crippen LogP contribution in [0.2, 0.25) is 0 Å². The number of hydrogen-bond donors (Lipinski definition) is 4. The largest absolute Gasteiger partial charge is 0.357 e. The van der Waals surface area contributed by atoms with Crippen molar-refractivity contribution in [1.82, 2.24) is 16.0 Å². The Balaban J connectivity index is 1.90. The highest BCUT2D eigenvalue weighted by Gasteiger charge is 2.08. The molecule has 29 heavy (non-hydrogen) atoms. The Morgan fingerprint density at radius 3 is 2.38 bits per heavy atom. The zero-order chi connectivity index (χ0) is 21.2. The number of carbonyl (C=O) groups excluding carboxylic acids is 1. The number of aliphatic imine (C=N–C) groups is 1. The second kappa shape index (κ2) is 11.5. The number of guanidine groups is 1. The smallest absolute Gasteiger partial charge is 0.319 e. The molecule has 1 aromatic carbocycles. The highest BCUT2D eigenvalue weighted by Crippen LogP contribution is 2.16. The summed E-state index contributed by atoms with van der Waals surface area (Å²) < 4.78 is 0. The molecule has 0 spiro atoms. The van der Waals surface area contributed by atoms with Crippen LogP contribution in [-0.2, 0) is 13.0 Å². The van der Waals surface area contributed by atoms with Gasteiger partial charge in [0.25, 0.3) is 0 Å². The van der Waals surface area contributed by atoms with Crippen molar-refractivity contribution >= 4 is 29.0 Å². The lowest BCUT2D eigenvalue weighted by Crippen LogP contribution is -2.43. The maximum Gasteiger partial charge on any atom is 0.319 e. The van der Waals surface area contributed by atoms with E-state index < -0.39 is 0 Å². The van der Waals surface area contributed by atoms with Crippen LogP contribution in [0.3, 0.4) is 0 Å². The summed E-state index contributed by atoms with van der Waals surface area (Å²) in [5, 5.41) is 12.4. The summed E-state index contributed by atoms with van der Waals surface area (Å²) >= 11 is 1.84. The van der Waals surface area contributed by atoms with Crippen LogP contribution in [0.4, 0.5) is 10.5 Å². The quantitative estimate of drug-likeness (QED) is 0.384. The fourth-order valence-electron chi connectivity index (χ4n) is 2.79. The molecular weight excluding hydrogens is 382 g/mol. The minimum Gasteiger partial charge on any atom is -0.357 e. The SMILES string of the molecule is CCNC(=NCc1ccc(NC(=O)NC(C)C)cc1)NC(C)Cc1ccc(C)s1. The van der Waals surface area contributed by atoms with Crippen molar-refractivity contribution in [3.8, 4) is 0 Å². The second-order valence-corrected chi connectivity index (χ2v) is 8.78. The molecule has 1 heterocycles. The maximum absolute atomic E-state index is 11.8. The molecule has 0 radical (unpaired) electrons. The first-order valence-electron chi connectivity index (χ1n) is 10.1. The molecule has 0 aliphatic carbocycles. The maximum atomic E-state index is 11.8. The first-order chi connectivity index (χ1) is 13.9. The average Bonchev–Trinajstić information content (AvgIpc) is 3.05. The summed E-state index contributed by atoms with van der Waals surface area (Å²) in [4.78, 5) is 19.2. The molecule has 1 atom stereocenters. The van der Waals surface area contributed by atoms with Gasteiger partial charge in [-0.05, 0) is 64.4 Å². The lowest BCUT2D eigenvalue weighted by molar-refractivity contribution is 0.250. The minimum absolute atomic E-state index is 0.104. The Morgan fingerprint density at radius 2 is 1.79 bits per heavy atom. The van der Waals surface area contributed by atoms with E-state index in [-0.39, 0.29) is 18.1 Å². The highest BCUT2D eigenvalue weighted by atomic mass is 32.1. The van der Waals surface area contributed by atoms with Crippen LogP contribution in [0, 0.1) is 6.92 Å². The van der Waals surface area contributed by atoms with E-state index in [2.05, 4.69) is 54.2 Å². The first-order valence-corrected chi connectivity index (χ1v) is 10.9. The van der Waals surface area contributed by atoms with Gasteiger partial charge in [-0.25, -0.2) is 9.79 Å². The number of aryl methyl sites for hydroxylation is 1. The van der Waals surface area contributed by atoms with Crippen LogP contribution in [0.25, 0.3) is 0 Å². The molecule has 4 N–H and O–H groups in total. The molecule has 0 saturated heterocycles. The van der Waals surface area contributed by atoms with Gasteiger partial charge < -0.3 is 21.3 Å². The first kappa shape index (κ1) is 22.7. The number of nitrogens with zero attached hydrogens (tertiary/aromatic N) is 1. The van der Waals surface area contributed by atoms with Crippen LogP contribution in [-0.4, -0.2) is 30.6 Å². The molecule has 0 fully saturated rings. The van der Waals surface area contributed by atoms with E-state index in [1.54, 1.807) is 0 Å². The van der Waals surface area contributed by atoms with Crippen molar-refractivity contribution in [2.45, 2.75) is 59.7 Å². The van der Waals surface area contributed by atoms with Crippen LogP contribution >= 0.6 is 11.3 Å². The molecule has 2 rings (SSSR count). The van der Waals surface area contributed by atoms with E-state index in [9.17, 15) is 4.79 Å². The van der Waals surface area contributed by atoms with Crippen molar-refractivity contribution in [2.75, 3.05) is 11.9 Å². The molecule has 1 aromatic heterocycles. The number of rotatable bonds is 8. The number of nitrogens with one attached hydrogen (secondary N) is 4. The third-order valence-corrected chi connectivity index (χ3v) is 5.11. The Bertz CT molecular complexity index is 798. The van der Waals surface area contributed by atoms with Crippen molar-refractivity contribution in [3.05, 3.63) is 51.7 Å². The van der Waals surface area contributed by atoms with Gasteiger partial charge in [-0.1, -0.05) is 12.1 Å². The van der Waals surface area contributed by atoms with Gasteiger partial charge in [0.15, 0.2) is 5.96 Å². The molecule has 2 aromatic rings. The number of benzene rings is 1. The number of carbonyl (C=O) groups is 1. The molecule has 2 amide bonds. The third-order valence-electron chi connectivity index (χ3n) is 4.08. The highest BCUT2D eigenvalue weighted by molar-refractivity contribution is 7.11. The predicted molar refractivity (Wildman–Crippen MR) is 124 cm³/mol. The molecule has 0 bridgehead atoms. The number of hydrogen-bond acceptors (Lipinski definition) is 3. The van der Waals surface area contributed by atoms with E-state index in [0.717, 1.165) is 30.2 Å². The molecule has 0 saturated carbocycles. The molecule has 6 nitrogen and oxygen atoms in total. The van der Waals surface area contributed by atoms with Crippen molar-refractivity contribution < 1.29 is 4.79 Å². The molecule has 7 heteroatoms. The van der Waals surface area contributed by atoms with E-state index in [1.807, 2.05) is 49.4 Å². The fraction of sp³-hybridized carbons (Fsp3) is 0.455. The second-order valence-electron chi connectivity index (χ2n) is 7.41. The normalized spacial score (nSPS) is 12.6. The standard InChI is InChI=1S/C22H33N5OS/c1-6-23-21(26-16(4)13-20-12-7-17(5)29-20)24-14-18-8-10-19(11-9-18)27-22(28)25-15(2)3/h7-12,15-16H,6,13-14H2,1-5H3,(H2,23,24,26)(H2,25,27,28). The number of anilines is 1. The van der Waals surface area contributed by atoms with Crippen LogP contribution in [0.15, 0.2) is 41.4 Å². The topological polar surface area (TPSA) is 77.5 Å². The lowest BCUT2D eigenvalue weighted by Gasteiger charge is -2.17. The monoisotopic (exact) mass is 415 g/mol. The van der Waals surface area contributed by atoms with Gasteiger partial charge in [0.1, 0.15) is 0 Å². The van der Waals surface area contributed by atoms with Crippen LogP contribution in [0.1, 0.15) is 43.0 Å². The Hall–Kier alpha value is -2.54. The molecule has 158 valence electrons. The number of thiophene rings is 1. The van der Waals surface area contributed by atoms with Crippen molar-refractivity contribution in [2.24, 2.45) is 4.99 Å². The Kier molecular flexibility index (Phi) is 8.99. The van der Waals surface area contributed by atoms with E-state index in [0.29, 0.717) is 6.54 Å². The van der Waals surface area contributed by atoms with Gasteiger partial charge in [0.05, 0.1) is 6.54 Å². The van der Waals surface area contributed by atoms with Crippen molar-refractivity contribution in [1.29, 1.82) is 0 Å². The van der Waals surface area contributed by atoms with E-state index in [4.69, 9.17) is 4.99 Å². The fourth-order valence-corrected chi connectivity index (χ4v) is 3.81. The van der Waals surface area contributed by atoms with E-state index >= 15 is 0 Å². The zero-order valence-electron chi connectivity index (χ0n) is 18.0. The van der Waals surface area contributed by atoms with Crippen LogP contribution in [0.5, 0.6) is 0 Å². The van der Waals surface area contributed by atoms with E-state index in [1.165, 1.54) is 9.75 Å². The van der Waals surface area contributed by atoms with Crippen LogP contribution < -0.4 is 21.3 Å². The van der Waals surface area contributed by atoms with Gasteiger partial charge in [0.2, 0.25) is 0 Å². The minimum atomic E-state index is -0.195. The lowest BCUT2D eigenvalue weighted by atomic mass is 10.2. The summed E-state index contributed by atoms with van der Waals surface area (Å²) in [5.41, 5.74) is 1.85. The number of urea groups is 1. The van der Waals surface area contributed by atoms with Gasteiger partial charge in [-0.15, -0.1) is 11.3 Å². The summed E-state index contributed by atoms with van der Waals surface area (Å²) in [6.07, 6.45) is 0.974. The predicted octanol–water partition coefficient (Wildman–Crippen LogP) is 4.27. The summed E-state index contributed by atoms with van der Waals surface area (Å²) in [6, 6.07) is 12.3. The Labute approximate surface area is 178 Å². The summed E-state index contributed by atoms with van der Waals surface area (Å²) in [5.74, 6) is 0.812. The van der Waals surface area contributed by atoms with Gasteiger partial charge in [0, 0.05) is 40.5 Å². The number of amides is 2. The van der Waals surface area contributed by atoms with Gasteiger partial charge in [-0.2, -0.15) is 0 Å². The van der Waals surface area contributed by atoms with Gasteiger partial charge >= 0.3 is 6.03 Å². The molecule has 0 aliphatic heterocycles. The summed E-state index contributed by atoms with van der Waals surface area (Å²) in [7, 11) is 0. The van der Waals surface area contributed by atoms with Gasteiger partial charge in [-0.3, -0.25) is 0 Å². The molecular formula is C22H33N5OS. The third kappa shape index (κ3) is 8.56. The van der Waals surface area contributed by atoms with Crippen molar-refractivity contribution in [3.63, 3.8) is 0 Å². The average molecular weight is 416 g/mol. The molecule has 1 unspecified atom stereocenters. The molecule has 0 aliphatic rings. The Morgan fingerprint density at radius 1 is 1.07 bits per heavy atom. The zero-order valence-corrected chi connectivity index (χ0v) is 18.8.